The number of aryl methyl sites for hydroxylation is 1. The molecule has 0 aliphatic heterocycles. The number of nitrogens with zero attached hydrogens (tertiary/aromatic N) is 2. The highest BCUT2D eigenvalue weighted by Crippen LogP contribution is 2.38. The molecule has 3 unspecified atom stereocenters. The Hall–Kier alpha value is -0.550. The number of thioether (sulfide) groups is 1. The molecular weight excluding hydrogens is 220 g/mol. The molecule has 1 aromatic heterocycles. The van der Waals surface area contributed by atoms with Crippen LogP contribution >= 0.6 is 11.8 Å². The van der Waals surface area contributed by atoms with E-state index in [0.717, 1.165) is 23.4 Å². The quantitative estimate of drug-likeness (QED) is 0.847. The number of nitrogens with one attached hydrogen (secondary N) is 1. The van der Waals surface area contributed by atoms with Gasteiger partial charge in [-0.1, -0.05) is 25.1 Å². The van der Waals surface area contributed by atoms with Gasteiger partial charge in [0.05, 0.1) is 0 Å². The number of hydrogen-bond acceptors (Lipinski definition) is 4. The first-order valence-corrected chi connectivity index (χ1v) is 6.82. The Balaban J connectivity index is 2.00. The Morgan fingerprint density at radius 1 is 1.50 bits per heavy atom. The minimum atomic E-state index is 0.587. The maximum absolute atomic E-state index is 5.84. The van der Waals surface area contributed by atoms with E-state index in [2.05, 4.69) is 22.1 Å². The van der Waals surface area contributed by atoms with E-state index < -0.39 is 0 Å². The third-order valence-electron chi connectivity index (χ3n) is 3.33. The molecule has 3 atom stereocenters. The molecule has 1 fully saturated rings. The summed E-state index contributed by atoms with van der Waals surface area (Å²) in [5, 5.41) is 8.54. The Morgan fingerprint density at radius 2 is 2.31 bits per heavy atom. The maximum atomic E-state index is 5.84. The van der Waals surface area contributed by atoms with E-state index in [-0.39, 0.29) is 0 Å². The lowest BCUT2D eigenvalue weighted by Gasteiger charge is -2.32. The van der Waals surface area contributed by atoms with Crippen LogP contribution in [0.1, 0.15) is 32.0 Å². The van der Waals surface area contributed by atoms with E-state index in [4.69, 9.17) is 5.73 Å². The molecule has 0 saturated heterocycles. The molecule has 1 saturated carbocycles. The summed E-state index contributed by atoms with van der Waals surface area (Å²) in [6.45, 7) is 5.04. The molecule has 3 N–H and O–H groups in total. The van der Waals surface area contributed by atoms with Crippen molar-refractivity contribution in [1.29, 1.82) is 0 Å². The summed E-state index contributed by atoms with van der Waals surface area (Å²) >= 11 is 1.79. The largest absolute Gasteiger partial charge is 0.330 e. The minimum absolute atomic E-state index is 0.587. The number of aromatic amines is 1. The Kier molecular flexibility index (Phi) is 3.86. The molecular formula is C11H20N4S. The molecule has 4 nitrogen and oxygen atoms in total. The summed E-state index contributed by atoms with van der Waals surface area (Å²) in [4.78, 5) is 4.35. The summed E-state index contributed by atoms with van der Waals surface area (Å²) in [5.74, 6) is 2.32. The second-order valence-electron chi connectivity index (χ2n) is 4.77. The van der Waals surface area contributed by atoms with Crippen molar-refractivity contribution < 1.29 is 0 Å². The van der Waals surface area contributed by atoms with E-state index in [1.807, 2.05) is 6.92 Å². The van der Waals surface area contributed by atoms with E-state index in [9.17, 15) is 0 Å². The molecule has 1 aliphatic rings. The van der Waals surface area contributed by atoms with Gasteiger partial charge in [-0.05, 0) is 38.1 Å². The molecule has 0 amide bonds. The van der Waals surface area contributed by atoms with Gasteiger partial charge in [-0.2, -0.15) is 0 Å². The average Bonchev–Trinajstić information content (AvgIpc) is 2.64. The second-order valence-corrected chi connectivity index (χ2v) is 5.98. The summed E-state index contributed by atoms with van der Waals surface area (Å²) in [6, 6.07) is 0. The summed E-state index contributed by atoms with van der Waals surface area (Å²) in [7, 11) is 0. The zero-order chi connectivity index (χ0) is 11.5. The molecule has 16 heavy (non-hydrogen) atoms. The first kappa shape index (κ1) is 11.9. The molecule has 0 bridgehead atoms. The maximum Gasteiger partial charge on any atom is 0.208 e. The van der Waals surface area contributed by atoms with Crippen molar-refractivity contribution in [3.8, 4) is 0 Å². The van der Waals surface area contributed by atoms with Crippen molar-refractivity contribution in [1.82, 2.24) is 15.2 Å². The van der Waals surface area contributed by atoms with E-state index in [1.54, 1.807) is 11.8 Å². The van der Waals surface area contributed by atoms with Crippen LogP contribution in [0.2, 0.25) is 0 Å². The van der Waals surface area contributed by atoms with Crippen molar-refractivity contribution in [2.45, 2.75) is 43.5 Å². The third kappa shape index (κ3) is 2.77. The number of H-pyrrole nitrogens is 1. The number of nitrogens with two attached hydrogens (primary N) is 1. The fourth-order valence-electron chi connectivity index (χ4n) is 2.32. The molecule has 0 aromatic carbocycles. The molecule has 1 aromatic rings. The molecule has 90 valence electrons. The van der Waals surface area contributed by atoms with Gasteiger partial charge in [0.1, 0.15) is 5.82 Å². The molecule has 0 radical (unpaired) electrons. The van der Waals surface area contributed by atoms with E-state index >= 15 is 0 Å². The molecule has 5 heteroatoms. The van der Waals surface area contributed by atoms with Crippen LogP contribution in [0.5, 0.6) is 0 Å². The van der Waals surface area contributed by atoms with Crippen LogP contribution in [0.4, 0.5) is 0 Å². The van der Waals surface area contributed by atoms with Crippen LogP contribution in [-0.2, 0) is 0 Å². The Labute approximate surface area is 101 Å². The van der Waals surface area contributed by atoms with Gasteiger partial charge in [-0.3, -0.25) is 5.10 Å². The number of hydrogen-bond donors (Lipinski definition) is 2. The van der Waals surface area contributed by atoms with Crippen molar-refractivity contribution in [3.63, 3.8) is 0 Å². The van der Waals surface area contributed by atoms with Gasteiger partial charge in [-0.15, -0.1) is 5.10 Å². The minimum Gasteiger partial charge on any atom is -0.330 e. The van der Waals surface area contributed by atoms with Crippen molar-refractivity contribution >= 4 is 11.8 Å². The van der Waals surface area contributed by atoms with Crippen molar-refractivity contribution in [2.24, 2.45) is 17.6 Å². The van der Waals surface area contributed by atoms with Crippen molar-refractivity contribution in [2.75, 3.05) is 6.54 Å². The zero-order valence-corrected chi connectivity index (χ0v) is 10.8. The van der Waals surface area contributed by atoms with Crippen LogP contribution < -0.4 is 5.73 Å². The van der Waals surface area contributed by atoms with Crippen LogP contribution in [0.3, 0.4) is 0 Å². The Bertz CT molecular complexity index is 338. The topological polar surface area (TPSA) is 67.6 Å². The van der Waals surface area contributed by atoms with Gasteiger partial charge in [0.25, 0.3) is 0 Å². The fourth-order valence-corrected chi connectivity index (χ4v) is 3.74. The fraction of sp³-hybridized carbons (Fsp3) is 0.818. The molecule has 1 aliphatic carbocycles. The summed E-state index contributed by atoms with van der Waals surface area (Å²) in [5.41, 5.74) is 5.84. The lowest BCUT2D eigenvalue weighted by atomic mass is 9.82. The first-order valence-electron chi connectivity index (χ1n) is 5.94. The third-order valence-corrected chi connectivity index (χ3v) is 4.60. The van der Waals surface area contributed by atoms with Gasteiger partial charge in [0.2, 0.25) is 5.16 Å². The molecule has 2 rings (SSSR count). The lowest BCUT2D eigenvalue weighted by molar-refractivity contribution is 0.306. The summed E-state index contributed by atoms with van der Waals surface area (Å²) in [6.07, 6.45) is 3.80. The van der Waals surface area contributed by atoms with Gasteiger partial charge in [0, 0.05) is 5.25 Å². The highest BCUT2D eigenvalue weighted by Gasteiger charge is 2.29. The second kappa shape index (κ2) is 5.19. The van der Waals surface area contributed by atoms with Crippen LogP contribution in [0.15, 0.2) is 5.16 Å². The van der Waals surface area contributed by atoms with Gasteiger partial charge < -0.3 is 5.73 Å². The molecule has 0 spiro atoms. The number of rotatable bonds is 3. The monoisotopic (exact) mass is 240 g/mol. The number of aromatic nitrogens is 3. The predicted octanol–water partition coefficient (Wildman–Crippen LogP) is 1.97. The average molecular weight is 240 g/mol. The summed E-state index contributed by atoms with van der Waals surface area (Å²) < 4.78 is 0. The Morgan fingerprint density at radius 3 is 2.94 bits per heavy atom. The standard InChI is InChI=1S/C11H20N4S/c1-7-3-4-9(6-12)10(5-7)16-11-13-8(2)14-15-11/h7,9-10H,3-6,12H2,1-2H3,(H,13,14,15). The highest BCUT2D eigenvalue weighted by atomic mass is 32.2. The van der Waals surface area contributed by atoms with Gasteiger partial charge in [-0.25, -0.2) is 4.98 Å². The van der Waals surface area contributed by atoms with Crippen LogP contribution in [0, 0.1) is 18.8 Å². The lowest BCUT2D eigenvalue weighted by Crippen LogP contribution is -2.31. The predicted molar refractivity (Wildman–Crippen MR) is 66.3 cm³/mol. The SMILES string of the molecule is Cc1nc(SC2CC(C)CCC2CN)n[nH]1. The molecule has 1 heterocycles. The van der Waals surface area contributed by atoms with Gasteiger partial charge in [0.15, 0.2) is 0 Å². The smallest absolute Gasteiger partial charge is 0.208 e. The van der Waals surface area contributed by atoms with Crippen molar-refractivity contribution in [3.05, 3.63) is 5.82 Å². The van der Waals surface area contributed by atoms with E-state index in [1.165, 1.54) is 19.3 Å². The van der Waals surface area contributed by atoms with Crippen LogP contribution in [0.25, 0.3) is 0 Å². The normalized spacial score (nSPS) is 30.6. The van der Waals surface area contributed by atoms with Gasteiger partial charge >= 0.3 is 0 Å². The van der Waals surface area contributed by atoms with Crippen LogP contribution in [-0.4, -0.2) is 27.0 Å². The zero-order valence-electron chi connectivity index (χ0n) is 9.94. The highest BCUT2D eigenvalue weighted by molar-refractivity contribution is 7.99. The first-order chi connectivity index (χ1) is 7.69. The van der Waals surface area contributed by atoms with E-state index in [0.29, 0.717) is 11.2 Å².